The molecule has 0 aliphatic heterocycles. The van der Waals surface area contributed by atoms with Crippen molar-refractivity contribution >= 4 is 0 Å². The highest BCUT2D eigenvalue weighted by atomic mass is 16.3. The molecular weight excluding hydrogens is 150 g/mol. The number of hydrogen-bond donors (Lipinski definition) is 1. The van der Waals surface area contributed by atoms with Crippen molar-refractivity contribution in [3.05, 3.63) is 0 Å². The van der Waals surface area contributed by atoms with Crippen LogP contribution < -0.4 is 0 Å². The van der Waals surface area contributed by atoms with E-state index in [1.165, 1.54) is 19.4 Å². The molecule has 0 heterocycles. The molecule has 0 unspecified atom stereocenters. The molecule has 0 amide bonds. The molecule has 1 aliphatic rings. The summed E-state index contributed by atoms with van der Waals surface area (Å²) in [4.78, 5) is 2.38. The van der Waals surface area contributed by atoms with Crippen LogP contribution >= 0.6 is 0 Å². The molecule has 1 rings (SSSR count). The fourth-order valence-corrected chi connectivity index (χ4v) is 1.47. The van der Waals surface area contributed by atoms with Gasteiger partial charge in [0.15, 0.2) is 0 Å². The third kappa shape index (κ3) is 3.55. The second-order valence-electron chi connectivity index (χ2n) is 4.34. The van der Waals surface area contributed by atoms with Crippen molar-refractivity contribution in [1.29, 1.82) is 0 Å². The summed E-state index contributed by atoms with van der Waals surface area (Å²) in [7, 11) is 0. The molecular formula is C10H21NO. The Kier molecular flexibility index (Phi) is 3.53. The summed E-state index contributed by atoms with van der Waals surface area (Å²) < 4.78 is 0. The minimum Gasteiger partial charge on any atom is -0.392 e. The van der Waals surface area contributed by atoms with Crippen LogP contribution in [0.25, 0.3) is 0 Å². The first-order valence-corrected chi connectivity index (χ1v) is 5.01. The number of aliphatic hydroxyl groups is 1. The van der Waals surface area contributed by atoms with Crippen LogP contribution in [0, 0.1) is 5.92 Å². The Bertz CT molecular complexity index is 126. The van der Waals surface area contributed by atoms with Gasteiger partial charge in [0.1, 0.15) is 0 Å². The minimum absolute atomic E-state index is 0.189. The van der Waals surface area contributed by atoms with Gasteiger partial charge in [-0.05, 0) is 39.5 Å². The van der Waals surface area contributed by atoms with Crippen molar-refractivity contribution in [2.45, 2.75) is 45.8 Å². The lowest BCUT2D eigenvalue weighted by Crippen LogP contribution is -2.37. The molecule has 1 atom stereocenters. The summed E-state index contributed by atoms with van der Waals surface area (Å²) in [6, 6.07) is 0.570. The van der Waals surface area contributed by atoms with Gasteiger partial charge in [0.25, 0.3) is 0 Å². The summed E-state index contributed by atoms with van der Waals surface area (Å²) in [5.74, 6) is 0.922. The SMILES string of the molecule is CC(C)N(CC1CC1)C[C@H](C)O. The van der Waals surface area contributed by atoms with Crippen LogP contribution in [0.15, 0.2) is 0 Å². The fraction of sp³-hybridized carbons (Fsp3) is 1.00. The van der Waals surface area contributed by atoms with Crippen LogP contribution in [0.2, 0.25) is 0 Å². The van der Waals surface area contributed by atoms with Crippen molar-refractivity contribution < 1.29 is 5.11 Å². The molecule has 1 fully saturated rings. The molecule has 0 aromatic rings. The first-order chi connectivity index (χ1) is 5.59. The Labute approximate surface area is 75.6 Å². The summed E-state index contributed by atoms with van der Waals surface area (Å²) in [6.45, 7) is 8.27. The van der Waals surface area contributed by atoms with Crippen molar-refractivity contribution in [2.75, 3.05) is 13.1 Å². The van der Waals surface area contributed by atoms with Gasteiger partial charge in [-0.25, -0.2) is 0 Å². The van der Waals surface area contributed by atoms with E-state index in [4.69, 9.17) is 0 Å². The topological polar surface area (TPSA) is 23.5 Å². The first-order valence-electron chi connectivity index (χ1n) is 5.01. The van der Waals surface area contributed by atoms with Crippen LogP contribution in [0.4, 0.5) is 0 Å². The molecule has 0 spiro atoms. The normalized spacial score (nSPS) is 20.5. The van der Waals surface area contributed by atoms with Gasteiger partial charge < -0.3 is 5.11 Å². The number of rotatable bonds is 5. The highest BCUT2D eigenvalue weighted by Crippen LogP contribution is 2.30. The molecule has 2 nitrogen and oxygen atoms in total. The molecule has 1 aliphatic carbocycles. The van der Waals surface area contributed by atoms with Gasteiger partial charge in [-0.2, -0.15) is 0 Å². The van der Waals surface area contributed by atoms with Crippen molar-refractivity contribution in [3.8, 4) is 0 Å². The second-order valence-corrected chi connectivity index (χ2v) is 4.34. The smallest absolute Gasteiger partial charge is 0.0639 e. The van der Waals surface area contributed by atoms with E-state index in [0.29, 0.717) is 6.04 Å². The van der Waals surface area contributed by atoms with E-state index in [2.05, 4.69) is 18.7 Å². The van der Waals surface area contributed by atoms with E-state index in [1.807, 2.05) is 6.92 Å². The molecule has 1 saturated carbocycles. The molecule has 0 aromatic carbocycles. The molecule has 0 aromatic heterocycles. The molecule has 72 valence electrons. The van der Waals surface area contributed by atoms with Gasteiger partial charge >= 0.3 is 0 Å². The fourth-order valence-electron chi connectivity index (χ4n) is 1.47. The average molecular weight is 171 g/mol. The lowest BCUT2D eigenvalue weighted by Gasteiger charge is -2.27. The largest absolute Gasteiger partial charge is 0.392 e. The summed E-state index contributed by atoms with van der Waals surface area (Å²) >= 11 is 0. The Morgan fingerprint density at radius 1 is 1.33 bits per heavy atom. The molecule has 2 heteroatoms. The van der Waals surface area contributed by atoms with Gasteiger partial charge in [-0.1, -0.05) is 0 Å². The van der Waals surface area contributed by atoms with Crippen LogP contribution in [0.5, 0.6) is 0 Å². The monoisotopic (exact) mass is 171 g/mol. The van der Waals surface area contributed by atoms with Gasteiger partial charge in [-0.15, -0.1) is 0 Å². The highest BCUT2D eigenvalue weighted by Gasteiger charge is 2.25. The van der Waals surface area contributed by atoms with Crippen molar-refractivity contribution in [3.63, 3.8) is 0 Å². The molecule has 1 N–H and O–H groups in total. The molecule has 0 bridgehead atoms. The zero-order chi connectivity index (χ0) is 9.14. The maximum atomic E-state index is 9.26. The number of hydrogen-bond acceptors (Lipinski definition) is 2. The Balaban J connectivity index is 2.26. The maximum absolute atomic E-state index is 9.26. The second kappa shape index (κ2) is 4.24. The quantitative estimate of drug-likeness (QED) is 0.677. The maximum Gasteiger partial charge on any atom is 0.0639 e. The van der Waals surface area contributed by atoms with Crippen LogP contribution in [-0.2, 0) is 0 Å². The van der Waals surface area contributed by atoms with E-state index >= 15 is 0 Å². The summed E-state index contributed by atoms with van der Waals surface area (Å²) in [5.41, 5.74) is 0. The van der Waals surface area contributed by atoms with Crippen molar-refractivity contribution in [2.24, 2.45) is 5.92 Å². The Hall–Kier alpha value is -0.0800. The lowest BCUT2D eigenvalue weighted by atomic mass is 10.2. The third-order valence-corrected chi connectivity index (χ3v) is 2.42. The third-order valence-electron chi connectivity index (χ3n) is 2.42. The van der Waals surface area contributed by atoms with E-state index in [9.17, 15) is 5.11 Å². The predicted molar refractivity (Wildman–Crippen MR) is 51.1 cm³/mol. The zero-order valence-electron chi connectivity index (χ0n) is 8.45. The molecule has 12 heavy (non-hydrogen) atoms. The molecule has 0 radical (unpaired) electrons. The Morgan fingerprint density at radius 3 is 2.25 bits per heavy atom. The van der Waals surface area contributed by atoms with Crippen molar-refractivity contribution in [1.82, 2.24) is 4.90 Å². The van der Waals surface area contributed by atoms with E-state index < -0.39 is 0 Å². The van der Waals surface area contributed by atoms with E-state index in [-0.39, 0.29) is 6.10 Å². The molecule has 0 saturated heterocycles. The first kappa shape index (κ1) is 10.0. The summed E-state index contributed by atoms with van der Waals surface area (Å²) in [6.07, 6.45) is 2.60. The lowest BCUT2D eigenvalue weighted by molar-refractivity contribution is 0.104. The average Bonchev–Trinajstić information content (AvgIpc) is 2.68. The standard InChI is InChI=1S/C10H21NO/c1-8(2)11(6-9(3)12)7-10-4-5-10/h8-10,12H,4-7H2,1-3H3/t9-/m0/s1. The highest BCUT2D eigenvalue weighted by molar-refractivity contribution is 4.79. The van der Waals surface area contributed by atoms with Gasteiger partial charge in [0, 0.05) is 19.1 Å². The van der Waals surface area contributed by atoms with Crippen LogP contribution in [-0.4, -0.2) is 35.2 Å². The van der Waals surface area contributed by atoms with E-state index in [1.54, 1.807) is 0 Å². The van der Waals surface area contributed by atoms with Crippen LogP contribution in [0.3, 0.4) is 0 Å². The van der Waals surface area contributed by atoms with Gasteiger partial charge in [-0.3, -0.25) is 4.90 Å². The minimum atomic E-state index is -0.189. The van der Waals surface area contributed by atoms with Gasteiger partial charge in [0.05, 0.1) is 6.10 Å². The van der Waals surface area contributed by atoms with E-state index in [0.717, 1.165) is 12.5 Å². The summed E-state index contributed by atoms with van der Waals surface area (Å²) in [5, 5.41) is 9.26. The van der Waals surface area contributed by atoms with Gasteiger partial charge in [0.2, 0.25) is 0 Å². The number of aliphatic hydroxyl groups excluding tert-OH is 1. The zero-order valence-corrected chi connectivity index (χ0v) is 8.45. The van der Waals surface area contributed by atoms with Crippen LogP contribution in [0.1, 0.15) is 33.6 Å². The Morgan fingerprint density at radius 2 is 1.92 bits per heavy atom. The predicted octanol–water partition coefficient (Wildman–Crippen LogP) is 1.49. The number of nitrogens with zero attached hydrogens (tertiary/aromatic N) is 1.